The smallest absolute Gasteiger partial charge is 0.161 e. The van der Waals surface area contributed by atoms with Gasteiger partial charge in [-0.3, -0.25) is 0 Å². The van der Waals surface area contributed by atoms with Crippen LogP contribution in [0.3, 0.4) is 0 Å². The molecule has 1 unspecified atom stereocenters. The molecule has 1 N–H and O–H groups in total. The van der Waals surface area contributed by atoms with E-state index < -0.39 is 23.6 Å². The highest BCUT2D eigenvalue weighted by molar-refractivity contribution is 14.1. The van der Waals surface area contributed by atoms with Crippen LogP contribution in [-0.2, 0) is 0 Å². The average Bonchev–Trinajstić information content (AvgIpc) is 2.33. The van der Waals surface area contributed by atoms with Gasteiger partial charge in [0.1, 0.15) is 11.9 Å². The Morgan fingerprint density at radius 1 is 0.889 bits per heavy atom. The van der Waals surface area contributed by atoms with Crippen molar-refractivity contribution < 1.29 is 18.3 Å². The van der Waals surface area contributed by atoms with Crippen LogP contribution in [0, 0.1) is 21.0 Å². The number of aliphatic hydroxyl groups is 1. The molecule has 2 rings (SSSR count). The lowest BCUT2D eigenvalue weighted by molar-refractivity contribution is 0.213. The molecule has 1 nitrogen and oxygen atoms in total. The zero-order valence-corrected chi connectivity index (χ0v) is 11.2. The Morgan fingerprint density at radius 3 is 2.17 bits per heavy atom. The van der Waals surface area contributed by atoms with Crippen LogP contribution in [-0.4, -0.2) is 5.11 Å². The van der Waals surface area contributed by atoms with Crippen LogP contribution < -0.4 is 0 Å². The molecule has 0 bridgehead atoms. The van der Waals surface area contributed by atoms with Gasteiger partial charge in [0.05, 0.1) is 0 Å². The first-order valence-electron chi connectivity index (χ1n) is 5.07. The van der Waals surface area contributed by atoms with Gasteiger partial charge in [0.15, 0.2) is 11.6 Å². The van der Waals surface area contributed by atoms with Crippen molar-refractivity contribution in [1.29, 1.82) is 0 Å². The number of rotatable bonds is 2. The highest BCUT2D eigenvalue weighted by Crippen LogP contribution is 2.28. The van der Waals surface area contributed by atoms with Crippen LogP contribution >= 0.6 is 22.6 Å². The van der Waals surface area contributed by atoms with E-state index in [-0.39, 0.29) is 5.56 Å². The van der Waals surface area contributed by atoms with E-state index in [0.29, 0.717) is 21.3 Å². The molecule has 0 spiro atoms. The second kappa shape index (κ2) is 5.27. The largest absolute Gasteiger partial charge is 0.384 e. The van der Waals surface area contributed by atoms with E-state index in [1.54, 1.807) is 24.3 Å². The van der Waals surface area contributed by atoms with E-state index in [1.165, 1.54) is 0 Å². The summed E-state index contributed by atoms with van der Waals surface area (Å²) in [5.41, 5.74) is 0.168. The minimum Gasteiger partial charge on any atom is -0.384 e. The van der Waals surface area contributed by atoms with E-state index in [4.69, 9.17) is 0 Å². The summed E-state index contributed by atoms with van der Waals surface area (Å²) in [6, 6.07) is 7.89. The second-order valence-corrected chi connectivity index (χ2v) is 4.87. The van der Waals surface area contributed by atoms with Crippen molar-refractivity contribution in [3.63, 3.8) is 0 Å². The van der Waals surface area contributed by atoms with Gasteiger partial charge < -0.3 is 5.11 Å². The van der Waals surface area contributed by atoms with Gasteiger partial charge in [0.25, 0.3) is 0 Å². The van der Waals surface area contributed by atoms with E-state index >= 15 is 0 Å². The number of hydrogen-bond donors (Lipinski definition) is 1. The van der Waals surface area contributed by atoms with E-state index in [1.807, 2.05) is 22.6 Å². The summed E-state index contributed by atoms with van der Waals surface area (Å²) in [6.07, 6.45) is -1.33. The molecule has 0 heterocycles. The maximum absolute atomic E-state index is 13.5. The zero-order valence-electron chi connectivity index (χ0n) is 9.00. The normalized spacial score (nSPS) is 12.5. The predicted molar refractivity (Wildman–Crippen MR) is 69.5 cm³/mol. The molecular formula is C13H8F3IO. The fourth-order valence-corrected chi connectivity index (χ4v) is 2.29. The quantitative estimate of drug-likeness (QED) is 0.635. The van der Waals surface area contributed by atoms with Crippen molar-refractivity contribution in [2.24, 2.45) is 0 Å². The van der Waals surface area contributed by atoms with Crippen LogP contribution in [0.15, 0.2) is 36.4 Å². The lowest BCUT2D eigenvalue weighted by atomic mass is 10.0. The Hall–Kier alpha value is -1.08. The number of halogens is 4. The van der Waals surface area contributed by atoms with Gasteiger partial charge in [-0.1, -0.05) is 18.2 Å². The first kappa shape index (κ1) is 13.4. The lowest BCUT2D eigenvalue weighted by Crippen LogP contribution is -2.06. The molecule has 0 aromatic heterocycles. The molecule has 0 saturated heterocycles. The fraction of sp³-hybridized carbons (Fsp3) is 0.0769. The summed E-state index contributed by atoms with van der Waals surface area (Å²) in [6.45, 7) is 0. The highest BCUT2D eigenvalue weighted by atomic mass is 127. The number of benzene rings is 2. The Kier molecular flexibility index (Phi) is 3.91. The van der Waals surface area contributed by atoms with Crippen LogP contribution in [0.25, 0.3) is 0 Å². The van der Waals surface area contributed by atoms with Crippen molar-refractivity contribution in [3.05, 3.63) is 68.5 Å². The molecule has 2 aromatic carbocycles. The van der Waals surface area contributed by atoms with E-state index in [2.05, 4.69) is 0 Å². The standard InChI is InChI=1S/C13H8F3IO/c14-9-6-11(16)10(15)5-8(9)13(18)7-3-1-2-4-12(7)17/h1-6,13,18H. The molecule has 0 radical (unpaired) electrons. The maximum Gasteiger partial charge on any atom is 0.161 e. The molecule has 18 heavy (non-hydrogen) atoms. The third kappa shape index (κ3) is 2.51. The summed E-state index contributed by atoms with van der Waals surface area (Å²) in [4.78, 5) is 0. The molecule has 1 atom stereocenters. The fourth-order valence-electron chi connectivity index (χ4n) is 1.61. The third-order valence-electron chi connectivity index (χ3n) is 2.53. The first-order valence-corrected chi connectivity index (χ1v) is 6.15. The van der Waals surface area contributed by atoms with Gasteiger partial charge in [-0.2, -0.15) is 0 Å². The summed E-state index contributed by atoms with van der Waals surface area (Å²) >= 11 is 1.98. The van der Waals surface area contributed by atoms with Crippen LogP contribution in [0.4, 0.5) is 13.2 Å². The molecule has 0 amide bonds. The Bertz CT molecular complexity index is 586. The lowest BCUT2D eigenvalue weighted by Gasteiger charge is -2.14. The van der Waals surface area contributed by atoms with Gasteiger partial charge >= 0.3 is 0 Å². The van der Waals surface area contributed by atoms with Gasteiger partial charge in [0, 0.05) is 15.2 Å². The molecular weight excluding hydrogens is 356 g/mol. The predicted octanol–water partition coefficient (Wildman–Crippen LogP) is 3.79. The Morgan fingerprint density at radius 2 is 1.50 bits per heavy atom. The summed E-state index contributed by atoms with van der Waals surface area (Å²) < 4.78 is 40.1. The SMILES string of the molecule is OC(c1cc(F)c(F)cc1F)c1ccccc1I. The maximum atomic E-state index is 13.5. The van der Waals surface area contributed by atoms with Gasteiger partial charge in [-0.25, -0.2) is 13.2 Å². The minimum absolute atomic E-state index is 0.280. The average molecular weight is 364 g/mol. The van der Waals surface area contributed by atoms with Crippen molar-refractivity contribution in [1.82, 2.24) is 0 Å². The van der Waals surface area contributed by atoms with Crippen molar-refractivity contribution >= 4 is 22.6 Å². The molecule has 2 aromatic rings. The van der Waals surface area contributed by atoms with Crippen LogP contribution in [0.2, 0.25) is 0 Å². The number of hydrogen-bond acceptors (Lipinski definition) is 1. The Labute approximate surface area is 115 Å². The molecule has 5 heteroatoms. The number of aliphatic hydroxyl groups excluding tert-OH is 1. The van der Waals surface area contributed by atoms with Gasteiger partial charge in [0.2, 0.25) is 0 Å². The molecule has 0 aliphatic carbocycles. The highest BCUT2D eigenvalue weighted by Gasteiger charge is 2.19. The third-order valence-corrected chi connectivity index (χ3v) is 3.52. The Balaban J connectivity index is 2.50. The van der Waals surface area contributed by atoms with E-state index in [0.717, 1.165) is 0 Å². The summed E-state index contributed by atoms with van der Waals surface area (Å²) in [7, 11) is 0. The second-order valence-electron chi connectivity index (χ2n) is 3.71. The molecule has 0 fully saturated rings. The van der Waals surface area contributed by atoms with Crippen LogP contribution in [0.5, 0.6) is 0 Å². The summed E-state index contributed by atoms with van der Waals surface area (Å²) in [5, 5.41) is 10.0. The monoisotopic (exact) mass is 364 g/mol. The topological polar surface area (TPSA) is 20.2 Å². The van der Waals surface area contributed by atoms with E-state index in [9.17, 15) is 18.3 Å². The molecule has 94 valence electrons. The molecule has 0 aliphatic heterocycles. The molecule has 0 saturated carbocycles. The zero-order chi connectivity index (χ0) is 13.3. The van der Waals surface area contributed by atoms with Gasteiger partial charge in [-0.05, 0) is 40.3 Å². The van der Waals surface area contributed by atoms with Gasteiger partial charge in [-0.15, -0.1) is 0 Å². The van der Waals surface area contributed by atoms with Crippen LogP contribution in [0.1, 0.15) is 17.2 Å². The minimum atomic E-state index is -1.33. The van der Waals surface area contributed by atoms with Crippen molar-refractivity contribution in [3.8, 4) is 0 Å². The van der Waals surface area contributed by atoms with Crippen molar-refractivity contribution in [2.45, 2.75) is 6.10 Å². The summed E-state index contributed by atoms with van der Waals surface area (Å²) in [5.74, 6) is -3.43. The first-order chi connectivity index (χ1) is 8.50. The molecule has 0 aliphatic rings. The van der Waals surface area contributed by atoms with Crippen molar-refractivity contribution in [2.75, 3.05) is 0 Å².